The summed E-state index contributed by atoms with van der Waals surface area (Å²) in [6.45, 7) is 18.8. The topological polar surface area (TPSA) is 80.7 Å². The fourth-order valence-electron chi connectivity index (χ4n) is 6.45. The molecule has 3 rings (SSSR count). The van der Waals surface area contributed by atoms with Crippen molar-refractivity contribution in [3.8, 4) is 0 Å². The highest BCUT2D eigenvalue weighted by Gasteiger charge is 2.76. The van der Waals surface area contributed by atoms with Gasteiger partial charge in [-0.1, -0.05) is 51.0 Å². The van der Waals surface area contributed by atoms with E-state index in [0.717, 1.165) is 11.1 Å². The Hall–Kier alpha value is -2.01. The summed E-state index contributed by atoms with van der Waals surface area (Å²) >= 11 is 0. The van der Waals surface area contributed by atoms with E-state index in [0.29, 0.717) is 30.6 Å². The van der Waals surface area contributed by atoms with Gasteiger partial charge in [0, 0.05) is 17.9 Å². The van der Waals surface area contributed by atoms with Crippen LogP contribution in [0.1, 0.15) is 94.9 Å². The zero-order valence-corrected chi connectivity index (χ0v) is 23.3. The molecule has 4 atom stereocenters. The van der Waals surface area contributed by atoms with Crippen LogP contribution in [-0.4, -0.2) is 34.2 Å². The monoisotopic (exact) mass is 484 g/mol. The molecule has 0 spiro atoms. The lowest BCUT2D eigenvalue weighted by atomic mass is 9.39. The van der Waals surface area contributed by atoms with E-state index in [9.17, 15) is 19.5 Å². The van der Waals surface area contributed by atoms with Crippen LogP contribution in [0, 0.1) is 28.1 Å². The van der Waals surface area contributed by atoms with Crippen LogP contribution in [0.25, 0.3) is 0 Å². The number of fused-ring (bicyclic) bond motifs is 3. The summed E-state index contributed by atoms with van der Waals surface area (Å²) in [5.41, 5.74) is -2.26. The van der Waals surface area contributed by atoms with E-state index in [1.54, 1.807) is 27.7 Å². The summed E-state index contributed by atoms with van der Waals surface area (Å²) in [7, 11) is 0. The van der Waals surface area contributed by atoms with Gasteiger partial charge in [-0.15, -0.1) is 0 Å². The molecule has 3 aliphatic rings. The molecule has 1 N–H and O–H groups in total. The van der Waals surface area contributed by atoms with Gasteiger partial charge in [0.05, 0.1) is 11.0 Å². The Labute approximate surface area is 211 Å². The molecule has 1 heterocycles. The minimum Gasteiger partial charge on any atom is -0.490 e. The normalized spacial score (nSPS) is 31.8. The lowest BCUT2D eigenvalue weighted by molar-refractivity contribution is -0.178. The van der Waals surface area contributed by atoms with E-state index >= 15 is 0 Å². The van der Waals surface area contributed by atoms with Gasteiger partial charge in [-0.05, 0) is 72.1 Å². The summed E-state index contributed by atoms with van der Waals surface area (Å²) < 4.78 is 6.35. The Balaban J connectivity index is 2.39. The number of allylic oxidation sites excluding steroid dienone is 5. The molecule has 35 heavy (non-hydrogen) atoms. The molecule has 194 valence electrons. The lowest BCUT2D eigenvalue weighted by Gasteiger charge is -2.59. The highest BCUT2D eigenvalue weighted by atomic mass is 16.5. The quantitative estimate of drug-likeness (QED) is 0.359. The van der Waals surface area contributed by atoms with Crippen molar-refractivity contribution in [3.63, 3.8) is 0 Å². The van der Waals surface area contributed by atoms with E-state index in [-0.39, 0.29) is 23.9 Å². The molecule has 0 saturated heterocycles. The summed E-state index contributed by atoms with van der Waals surface area (Å²) in [4.78, 5) is 43.3. The maximum Gasteiger partial charge on any atom is 0.184 e. The Morgan fingerprint density at radius 3 is 2.17 bits per heavy atom. The maximum absolute atomic E-state index is 14.8. The van der Waals surface area contributed by atoms with Gasteiger partial charge < -0.3 is 9.84 Å². The second kappa shape index (κ2) is 8.83. The standard InChI is InChI=1S/C30H44O5/c1-17(2)11-12-20-16-29(14-13-18(3)4)25-21(15-22(35-25)28(9,10)34)24(32)30(26(29)33,27(20,7)8)23(31)19(5)6/h11,13,19-20,22,34H,12,14-16H2,1-10H3/t20-,22-,29+,30-/m0/s1. The molecule has 5 nitrogen and oxygen atoms in total. The SMILES string of the molecule is CC(C)=CC[C@H]1C[C@@]2(CC=C(C)C)C(=O)[C@](C(=O)C(C)C)(C(=O)C3=C2O[C@H](C(C)(C)O)C3)C1(C)C. The fraction of sp³-hybridized carbons (Fsp3) is 0.700. The van der Waals surface area contributed by atoms with Crippen molar-refractivity contribution in [2.45, 2.75) is 107 Å². The Kier molecular flexibility index (Phi) is 6.96. The fourth-order valence-corrected chi connectivity index (χ4v) is 6.45. The van der Waals surface area contributed by atoms with Crippen LogP contribution in [0.5, 0.6) is 0 Å². The largest absolute Gasteiger partial charge is 0.490 e. The van der Waals surface area contributed by atoms with Gasteiger partial charge in [-0.25, -0.2) is 0 Å². The molecule has 1 saturated carbocycles. The van der Waals surface area contributed by atoms with Crippen LogP contribution in [0.15, 0.2) is 34.6 Å². The zero-order valence-electron chi connectivity index (χ0n) is 23.3. The summed E-state index contributed by atoms with van der Waals surface area (Å²) in [5, 5.41) is 10.8. The van der Waals surface area contributed by atoms with Crippen LogP contribution in [-0.2, 0) is 19.1 Å². The van der Waals surface area contributed by atoms with E-state index < -0.39 is 39.7 Å². The van der Waals surface area contributed by atoms with Crippen molar-refractivity contribution < 1.29 is 24.2 Å². The summed E-state index contributed by atoms with van der Waals surface area (Å²) in [5.74, 6) is -1.14. The van der Waals surface area contributed by atoms with Gasteiger partial charge in [0.2, 0.25) is 0 Å². The predicted octanol–water partition coefficient (Wildman–Crippen LogP) is 5.91. The molecule has 0 amide bonds. The lowest BCUT2D eigenvalue weighted by Crippen LogP contribution is -2.70. The summed E-state index contributed by atoms with van der Waals surface area (Å²) in [6.07, 6.45) is 5.31. The van der Waals surface area contributed by atoms with E-state index in [2.05, 4.69) is 6.08 Å². The molecule has 0 unspecified atom stereocenters. The maximum atomic E-state index is 14.8. The highest BCUT2D eigenvalue weighted by Crippen LogP contribution is 2.67. The summed E-state index contributed by atoms with van der Waals surface area (Å²) in [6, 6.07) is 0. The molecule has 5 heteroatoms. The minimum absolute atomic E-state index is 0.0776. The van der Waals surface area contributed by atoms with Gasteiger partial charge >= 0.3 is 0 Å². The first-order valence-corrected chi connectivity index (χ1v) is 13.0. The van der Waals surface area contributed by atoms with Crippen LogP contribution in [0.2, 0.25) is 0 Å². The van der Waals surface area contributed by atoms with Gasteiger partial charge in [0.15, 0.2) is 22.8 Å². The van der Waals surface area contributed by atoms with Crippen molar-refractivity contribution in [3.05, 3.63) is 34.6 Å². The first-order chi connectivity index (χ1) is 15.9. The van der Waals surface area contributed by atoms with Crippen molar-refractivity contribution in [1.82, 2.24) is 0 Å². The Morgan fingerprint density at radius 2 is 1.69 bits per heavy atom. The van der Waals surface area contributed by atoms with Crippen LogP contribution in [0.3, 0.4) is 0 Å². The number of carbonyl (C=O) groups excluding carboxylic acids is 3. The molecule has 0 aromatic rings. The zero-order chi connectivity index (χ0) is 26.7. The van der Waals surface area contributed by atoms with Gasteiger partial charge in [0.25, 0.3) is 0 Å². The smallest absolute Gasteiger partial charge is 0.184 e. The highest BCUT2D eigenvalue weighted by molar-refractivity contribution is 6.33. The number of ketones is 3. The number of aliphatic hydroxyl groups is 1. The van der Waals surface area contributed by atoms with Gasteiger partial charge in [-0.2, -0.15) is 0 Å². The first-order valence-electron chi connectivity index (χ1n) is 13.0. The average Bonchev–Trinajstić information content (AvgIpc) is 3.18. The van der Waals surface area contributed by atoms with Gasteiger partial charge in [-0.3, -0.25) is 14.4 Å². The number of ether oxygens (including phenoxy) is 1. The van der Waals surface area contributed by atoms with E-state index in [4.69, 9.17) is 4.74 Å². The number of rotatable bonds is 7. The number of carbonyl (C=O) groups is 3. The third-order valence-corrected chi connectivity index (χ3v) is 8.68. The third kappa shape index (κ3) is 3.98. The molecule has 0 aromatic carbocycles. The van der Waals surface area contributed by atoms with Crippen molar-refractivity contribution in [2.75, 3.05) is 0 Å². The Bertz CT molecular complexity index is 1020. The van der Waals surface area contributed by atoms with E-state index in [1.807, 2.05) is 47.6 Å². The number of hydrogen-bond donors (Lipinski definition) is 1. The number of Topliss-reactive ketones (excluding diaryl/α,β-unsaturated/α-hetero) is 3. The molecule has 2 bridgehead atoms. The number of hydrogen-bond acceptors (Lipinski definition) is 5. The molecule has 2 aliphatic carbocycles. The van der Waals surface area contributed by atoms with E-state index in [1.165, 1.54) is 0 Å². The predicted molar refractivity (Wildman–Crippen MR) is 138 cm³/mol. The van der Waals surface area contributed by atoms with Crippen molar-refractivity contribution in [1.29, 1.82) is 0 Å². The molecule has 0 radical (unpaired) electrons. The minimum atomic E-state index is -1.76. The second-order valence-electron chi connectivity index (χ2n) is 12.9. The molecule has 1 fully saturated rings. The van der Waals surface area contributed by atoms with Gasteiger partial charge in [0.1, 0.15) is 11.9 Å². The van der Waals surface area contributed by atoms with Crippen LogP contribution in [0.4, 0.5) is 0 Å². The average molecular weight is 485 g/mol. The molecule has 1 aliphatic heterocycles. The van der Waals surface area contributed by atoms with Crippen LogP contribution >= 0.6 is 0 Å². The molecule has 0 aromatic heterocycles. The third-order valence-electron chi connectivity index (χ3n) is 8.68. The van der Waals surface area contributed by atoms with Crippen molar-refractivity contribution in [2.24, 2.45) is 28.1 Å². The molecular formula is C30H44O5. The first kappa shape index (κ1) is 27.6. The second-order valence-corrected chi connectivity index (χ2v) is 12.9. The van der Waals surface area contributed by atoms with Crippen LogP contribution < -0.4 is 0 Å². The Morgan fingerprint density at radius 1 is 1.11 bits per heavy atom. The molecular weight excluding hydrogens is 440 g/mol. The van der Waals surface area contributed by atoms with Crippen molar-refractivity contribution >= 4 is 17.3 Å².